The zero-order valence-corrected chi connectivity index (χ0v) is 20.9. The molecule has 1 fully saturated rings. The molecule has 0 radical (unpaired) electrons. The van der Waals surface area contributed by atoms with Crippen LogP contribution in [0.2, 0.25) is 0 Å². The molecule has 2 amide bonds. The summed E-state index contributed by atoms with van der Waals surface area (Å²) in [5.74, 6) is 1.63. The molecule has 0 aromatic carbocycles. The van der Waals surface area contributed by atoms with E-state index in [1.165, 1.54) is 6.26 Å². The van der Waals surface area contributed by atoms with Crippen molar-refractivity contribution in [1.29, 1.82) is 0 Å². The van der Waals surface area contributed by atoms with Crippen LogP contribution in [-0.2, 0) is 9.47 Å². The molecule has 0 unspecified atom stereocenters. The van der Waals surface area contributed by atoms with Gasteiger partial charge in [-0.25, -0.2) is 24.1 Å². The Morgan fingerprint density at radius 1 is 1.00 bits per heavy atom. The highest BCUT2D eigenvalue weighted by atomic mass is 16.6. The number of piperazine rings is 1. The minimum Gasteiger partial charge on any atom is -0.461 e. The molecule has 0 atom stereocenters. The van der Waals surface area contributed by atoms with Crippen molar-refractivity contribution >= 4 is 29.5 Å². The lowest BCUT2D eigenvalue weighted by Crippen LogP contribution is -2.50. The van der Waals surface area contributed by atoms with Gasteiger partial charge in [-0.2, -0.15) is 0 Å². The van der Waals surface area contributed by atoms with Gasteiger partial charge < -0.3 is 23.7 Å². The third kappa shape index (κ3) is 6.00. The first kappa shape index (κ1) is 24.3. The quantitative estimate of drug-likeness (QED) is 0.589. The number of ether oxygens (including phenoxy) is 2. The highest BCUT2D eigenvalue weighted by Crippen LogP contribution is 2.25. The predicted molar refractivity (Wildman–Crippen MR) is 128 cm³/mol. The van der Waals surface area contributed by atoms with Crippen LogP contribution in [-0.4, -0.2) is 74.0 Å². The van der Waals surface area contributed by atoms with Crippen molar-refractivity contribution in [1.82, 2.24) is 24.5 Å². The minimum absolute atomic E-state index is 0.205. The molecule has 188 valence electrons. The fraction of sp³-hybridized carbons (Fsp3) is 0.522. The molecule has 1 aliphatic heterocycles. The van der Waals surface area contributed by atoms with Crippen LogP contribution in [0.25, 0.3) is 17.2 Å². The van der Waals surface area contributed by atoms with E-state index in [1.807, 2.05) is 25.7 Å². The standard InChI is InChI=1S/C23H31N7O5/c1-22(2,3)34-20(31)26-18-19-25-17(15-8-7-13-33-15)27-30(19)14-16(24-18)28-9-11-29(12-10-28)21(32)35-23(4,5)6/h7-8,13-14H,9-12H2,1-6H3,(H,24,26,31). The second-order valence-electron chi connectivity index (χ2n) is 10.2. The van der Waals surface area contributed by atoms with Crippen LogP contribution in [0.4, 0.5) is 21.2 Å². The van der Waals surface area contributed by atoms with E-state index in [4.69, 9.17) is 13.9 Å². The van der Waals surface area contributed by atoms with E-state index < -0.39 is 17.3 Å². The summed E-state index contributed by atoms with van der Waals surface area (Å²) < 4.78 is 17.8. The van der Waals surface area contributed by atoms with Crippen molar-refractivity contribution in [3.63, 3.8) is 0 Å². The van der Waals surface area contributed by atoms with Crippen molar-refractivity contribution in [2.75, 3.05) is 36.4 Å². The maximum Gasteiger partial charge on any atom is 0.413 e. The van der Waals surface area contributed by atoms with Gasteiger partial charge >= 0.3 is 12.2 Å². The number of hydrogen-bond donors (Lipinski definition) is 1. The van der Waals surface area contributed by atoms with Gasteiger partial charge in [0, 0.05) is 26.2 Å². The Hall–Kier alpha value is -3.83. The number of amides is 2. The zero-order chi connectivity index (χ0) is 25.4. The Morgan fingerprint density at radius 3 is 2.29 bits per heavy atom. The van der Waals surface area contributed by atoms with Gasteiger partial charge in [-0.05, 0) is 53.7 Å². The number of nitrogens with one attached hydrogen (secondary N) is 1. The first-order chi connectivity index (χ1) is 16.4. The molecule has 3 aromatic heterocycles. The molecule has 3 aromatic rings. The number of carbonyl (C=O) groups excluding carboxylic acids is 2. The maximum absolute atomic E-state index is 12.5. The summed E-state index contributed by atoms with van der Waals surface area (Å²) >= 11 is 0. The van der Waals surface area contributed by atoms with E-state index in [0.717, 1.165) is 0 Å². The first-order valence-corrected chi connectivity index (χ1v) is 11.4. The number of rotatable bonds is 3. The minimum atomic E-state index is -0.678. The van der Waals surface area contributed by atoms with Crippen molar-refractivity contribution < 1.29 is 23.5 Å². The smallest absolute Gasteiger partial charge is 0.413 e. The summed E-state index contributed by atoms with van der Waals surface area (Å²) in [7, 11) is 0. The van der Waals surface area contributed by atoms with Crippen LogP contribution >= 0.6 is 0 Å². The summed E-state index contributed by atoms with van der Waals surface area (Å²) in [5.41, 5.74) is -0.886. The lowest BCUT2D eigenvalue weighted by atomic mass is 10.2. The van der Waals surface area contributed by atoms with Crippen LogP contribution in [0.1, 0.15) is 41.5 Å². The maximum atomic E-state index is 12.5. The Kier molecular flexibility index (Phi) is 6.30. The van der Waals surface area contributed by atoms with Crippen LogP contribution in [0, 0.1) is 0 Å². The highest BCUT2D eigenvalue weighted by molar-refractivity contribution is 5.88. The van der Waals surface area contributed by atoms with Gasteiger partial charge in [0.2, 0.25) is 5.82 Å². The molecule has 0 spiro atoms. The number of carbonyl (C=O) groups is 2. The Morgan fingerprint density at radius 2 is 1.69 bits per heavy atom. The highest BCUT2D eigenvalue weighted by Gasteiger charge is 2.28. The van der Waals surface area contributed by atoms with E-state index in [1.54, 1.807) is 48.5 Å². The molecule has 0 saturated carbocycles. The van der Waals surface area contributed by atoms with Crippen LogP contribution in [0.5, 0.6) is 0 Å². The molecule has 4 rings (SSSR count). The molecule has 1 aliphatic rings. The van der Waals surface area contributed by atoms with E-state index in [0.29, 0.717) is 49.2 Å². The summed E-state index contributed by atoms with van der Waals surface area (Å²) in [6.45, 7) is 12.9. The molecule has 1 N–H and O–H groups in total. The molecule has 0 bridgehead atoms. The van der Waals surface area contributed by atoms with Gasteiger partial charge in [0.15, 0.2) is 17.2 Å². The number of hydrogen-bond acceptors (Lipinski definition) is 9. The summed E-state index contributed by atoms with van der Waals surface area (Å²) in [5, 5.41) is 7.20. The normalized spacial score (nSPS) is 14.8. The van der Waals surface area contributed by atoms with Crippen molar-refractivity contribution in [3.05, 3.63) is 24.6 Å². The fourth-order valence-electron chi connectivity index (χ4n) is 3.47. The topological polar surface area (TPSA) is 127 Å². The Balaban J connectivity index is 1.59. The van der Waals surface area contributed by atoms with Gasteiger partial charge in [-0.15, -0.1) is 5.10 Å². The van der Waals surface area contributed by atoms with Gasteiger partial charge in [-0.3, -0.25) is 5.32 Å². The van der Waals surface area contributed by atoms with E-state index >= 15 is 0 Å². The van der Waals surface area contributed by atoms with Gasteiger partial charge in [0.1, 0.15) is 17.0 Å². The molecule has 35 heavy (non-hydrogen) atoms. The van der Waals surface area contributed by atoms with Gasteiger partial charge in [0.05, 0.1) is 12.5 Å². The number of aromatic nitrogens is 4. The third-order valence-electron chi connectivity index (χ3n) is 4.92. The number of nitrogens with zero attached hydrogens (tertiary/aromatic N) is 6. The Bertz CT molecular complexity index is 1200. The summed E-state index contributed by atoms with van der Waals surface area (Å²) in [6.07, 6.45) is 2.28. The first-order valence-electron chi connectivity index (χ1n) is 11.4. The second kappa shape index (κ2) is 9.08. The van der Waals surface area contributed by atoms with E-state index in [-0.39, 0.29) is 11.9 Å². The van der Waals surface area contributed by atoms with Gasteiger partial charge in [-0.1, -0.05) is 0 Å². The number of fused-ring (bicyclic) bond motifs is 1. The molecular formula is C23H31N7O5. The molecular weight excluding hydrogens is 454 g/mol. The molecule has 12 heteroatoms. The van der Waals surface area contributed by atoms with Crippen LogP contribution < -0.4 is 10.2 Å². The average Bonchev–Trinajstić information content (AvgIpc) is 3.41. The summed E-state index contributed by atoms with van der Waals surface area (Å²) in [4.78, 5) is 37.7. The number of furan rings is 1. The van der Waals surface area contributed by atoms with Crippen molar-refractivity contribution in [2.24, 2.45) is 0 Å². The molecule has 1 saturated heterocycles. The van der Waals surface area contributed by atoms with Crippen LogP contribution in [0.15, 0.2) is 29.0 Å². The van der Waals surface area contributed by atoms with Crippen molar-refractivity contribution in [2.45, 2.75) is 52.7 Å². The molecule has 4 heterocycles. The van der Waals surface area contributed by atoms with Gasteiger partial charge in [0.25, 0.3) is 0 Å². The largest absolute Gasteiger partial charge is 0.461 e. The lowest BCUT2D eigenvalue weighted by Gasteiger charge is -2.36. The third-order valence-corrected chi connectivity index (χ3v) is 4.92. The zero-order valence-electron chi connectivity index (χ0n) is 20.9. The summed E-state index contributed by atoms with van der Waals surface area (Å²) in [6, 6.07) is 3.49. The monoisotopic (exact) mass is 485 g/mol. The fourth-order valence-corrected chi connectivity index (χ4v) is 3.47. The number of anilines is 2. The van der Waals surface area contributed by atoms with Crippen LogP contribution in [0.3, 0.4) is 0 Å². The molecule has 12 nitrogen and oxygen atoms in total. The predicted octanol–water partition coefficient (Wildman–Crippen LogP) is 3.79. The SMILES string of the molecule is CC(C)(C)OC(=O)Nc1nc(N2CCN(C(=O)OC(C)(C)C)CC2)cn2nc(-c3ccco3)nc12. The van der Waals surface area contributed by atoms with Crippen molar-refractivity contribution in [3.8, 4) is 11.6 Å². The molecule has 0 aliphatic carbocycles. The Labute approximate surface area is 203 Å². The second-order valence-corrected chi connectivity index (χ2v) is 10.2. The average molecular weight is 486 g/mol. The lowest BCUT2D eigenvalue weighted by molar-refractivity contribution is 0.0240. The van der Waals surface area contributed by atoms with E-state index in [2.05, 4.69) is 20.4 Å². The van der Waals surface area contributed by atoms with E-state index in [9.17, 15) is 9.59 Å².